The molecule has 1 aromatic rings. The predicted molar refractivity (Wildman–Crippen MR) is 78.4 cm³/mol. The standard InChI is InChI=1S/C15H18F5N3O3/c1-22-10(7-11(21-22)15(18,19)20)8-12(24)23-4-2-9(6-13(25)26)14(16,17)3-5-23/h7,9H,2-6,8H2,1H3,(H,25,26). The first kappa shape index (κ1) is 20.1. The number of carbonyl (C=O) groups is 2. The van der Waals surface area contributed by atoms with Gasteiger partial charge < -0.3 is 10.0 Å². The summed E-state index contributed by atoms with van der Waals surface area (Å²) in [7, 11) is 1.26. The van der Waals surface area contributed by atoms with Crippen LogP contribution in [-0.4, -0.2) is 50.7 Å². The number of aryl methyl sites for hydroxylation is 1. The first-order valence-corrected chi connectivity index (χ1v) is 7.87. The van der Waals surface area contributed by atoms with E-state index in [1.807, 2.05) is 0 Å². The molecule has 1 aliphatic rings. The van der Waals surface area contributed by atoms with Gasteiger partial charge in [0.15, 0.2) is 5.69 Å². The third-order valence-corrected chi connectivity index (χ3v) is 4.43. The summed E-state index contributed by atoms with van der Waals surface area (Å²) in [6, 6.07) is 0.748. The van der Waals surface area contributed by atoms with Crippen molar-refractivity contribution in [2.45, 2.75) is 37.8 Å². The van der Waals surface area contributed by atoms with Gasteiger partial charge in [0.1, 0.15) is 0 Å². The number of hydrogen-bond donors (Lipinski definition) is 1. The molecule has 0 spiro atoms. The van der Waals surface area contributed by atoms with E-state index in [4.69, 9.17) is 5.11 Å². The predicted octanol–water partition coefficient (Wildman–Crippen LogP) is 2.33. The average Bonchev–Trinajstić information content (AvgIpc) is 2.79. The number of aromatic nitrogens is 2. The van der Waals surface area contributed by atoms with Crippen molar-refractivity contribution in [2.24, 2.45) is 13.0 Å². The maximum absolute atomic E-state index is 14.0. The molecule has 2 heterocycles. The minimum atomic E-state index is -4.65. The van der Waals surface area contributed by atoms with Crippen molar-refractivity contribution in [1.29, 1.82) is 0 Å². The first-order valence-electron chi connectivity index (χ1n) is 7.87. The van der Waals surface area contributed by atoms with Crippen LogP contribution < -0.4 is 0 Å². The second-order valence-corrected chi connectivity index (χ2v) is 6.29. The van der Waals surface area contributed by atoms with Gasteiger partial charge in [0.25, 0.3) is 5.92 Å². The van der Waals surface area contributed by atoms with E-state index in [1.165, 1.54) is 7.05 Å². The van der Waals surface area contributed by atoms with Gasteiger partial charge in [-0.15, -0.1) is 0 Å². The molecule has 11 heteroatoms. The summed E-state index contributed by atoms with van der Waals surface area (Å²) >= 11 is 0. The Labute approximate surface area is 145 Å². The van der Waals surface area contributed by atoms with Crippen molar-refractivity contribution in [3.8, 4) is 0 Å². The van der Waals surface area contributed by atoms with Crippen molar-refractivity contribution in [2.75, 3.05) is 13.1 Å². The number of likely N-dealkylation sites (tertiary alicyclic amines) is 1. The highest BCUT2D eigenvalue weighted by Crippen LogP contribution is 2.36. The Bertz CT molecular complexity index is 687. The Hall–Kier alpha value is -2.20. The number of carbonyl (C=O) groups excluding carboxylic acids is 1. The van der Waals surface area contributed by atoms with E-state index in [9.17, 15) is 31.5 Å². The Balaban J connectivity index is 2.07. The zero-order valence-corrected chi connectivity index (χ0v) is 13.9. The van der Waals surface area contributed by atoms with Crippen LogP contribution in [0.4, 0.5) is 22.0 Å². The molecule has 1 fully saturated rings. The summed E-state index contributed by atoms with van der Waals surface area (Å²) in [6.07, 6.45) is -6.63. The normalized spacial score (nSPS) is 20.7. The number of aliphatic carboxylic acids is 1. The van der Waals surface area contributed by atoms with Gasteiger partial charge in [-0.2, -0.15) is 18.3 Å². The van der Waals surface area contributed by atoms with Gasteiger partial charge in [-0.1, -0.05) is 0 Å². The summed E-state index contributed by atoms with van der Waals surface area (Å²) in [5.41, 5.74) is -1.12. The molecule has 1 aromatic heterocycles. The lowest BCUT2D eigenvalue weighted by Gasteiger charge is -2.22. The van der Waals surface area contributed by atoms with Gasteiger partial charge in [-0.3, -0.25) is 14.3 Å². The number of carboxylic acids is 1. The van der Waals surface area contributed by atoms with Gasteiger partial charge in [-0.05, 0) is 12.5 Å². The fraction of sp³-hybridized carbons (Fsp3) is 0.667. The molecule has 0 bridgehead atoms. The fourth-order valence-corrected chi connectivity index (χ4v) is 2.91. The van der Waals surface area contributed by atoms with Gasteiger partial charge in [0.05, 0.1) is 12.8 Å². The monoisotopic (exact) mass is 383 g/mol. The van der Waals surface area contributed by atoms with E-state index < -0.39 is 54.8 Å². The van der Waals surface area contributed by atoms with E-state index in [0.29, 0.717) is 0 Å². The van der Waals surface area contributed by atoms with Crippen LogP contribution in [0.1, 0.15) is 30.7 Å². The molecule has 1 aliphatic heterocycles. The molecule has 1 amide bonds. The van der Waals surface area contributed by atoms with Crippen LogP contribution in [0.5, 0.6) is 0 Å². The van der Waals surface area contributed by atoms with Gasteiger partial charge in [-0.25, -0.2) is 8.78 Å². The molecule has 26 heavy (non-hydrogen) atoms. The summed E-state index contributed by atoms with van der Waals surface area (Å²) < 4.78 is 66.9. The topological polar surface area (TPSA) is 75.4 Å². The van der Waals surface area contributed by atoms with Crippen LogP contribution in [0.3, 0.4) is 0 Å². The van der Waals surface area contributed by atoms with Crippen molar-refractivity contribution < 1.29 is 36.6 Å². The van der Waals surface area contributed by atoms with Crippen LogP contribution in [0.15, 0.2) is 6.07 Å². The van der Waals surface area contributed by atoms with E-state index in [0.717, 1.165) is 15.6 Å². The van der Waals surface area contributed by atoms with Crippen molar-refractivity contribution in [3.05, 3.63) is 17.5 Å². The lowest BCUT2D eigenvalue weighted by atomic mass is 9.93. The molecule has 0 saturated carbocycles. The minimum Gasteiger partial charge on any atom is -0.481 e. The Morgan fingerprint density at radius 3 is 2.54 bits per heavy atom. The lowest BCUT2D eigenvalue weighted by molar-refractivity contribution is -0.143. The number of nitrogens with zero attached hydrogens (tertiary/aromatic N) is 3. The maximum atomic E-state index is 14.0. The van der Waals surface area contributed by atoms with Crippen LogP contribution in [0.2, 0.25) is 0 Å². The first-order chi connectivity index (χ1) is 11.9. The zero-order chi connectivity index (χ0) is 19.7. The molecule has 0 radical (unpaired) electrons. The molecule has 2 rings (SSSR count). The number of carboxylic acid groups (broad SMARTS) is 1. The van der Waals surface area contributed by atoms with E-state index in [1.54, 1.807) is 0 Å². The largest absolute Gasteiger partial charge is 0.481 e. The van der Waals surface area contributed by atoms with E-state index in [2.05, 4.69) is 5.10 Å². The van der Waals surface area contributed by atoms with Crippen LogP contribution in [-0.2, 0) is 29.2 Å². The number of rotatable bonds is 4. The molecule has 0 aliphatic carbocycles. The number of alkyl halides is 5. The molecular formula is C15H18F5N3O3. The second kappa shape index (κ2) is 7.20. The molecule has 1 saturated heterocycles. The number of halogens is 5. The Kier molecular flexibility index (Phi) is 5.57. The molecule has 6 nitrogen and oxygen atoms in total. The quantitative estimate of drug-likeness (QED) is 0.810. The van der Waals surface area contributed by atoms with Crippen molar-refractivity contribution in [3.63, 3.8) is 0 Å². The third-order valence-electron chi connectivity index (χ3n) is 4.43. The van der Waals surface area contributed by atoms with E-state index in [-0.39, 0.29) is 25.2 Å². The van der Waals surface area contributed by atoms with Crippen LogP contribution >= 0.6 is 0 Å². The maximum Gasteiger partial charge on any atom is 0.435 e. The van der Waals surface area contributed by atoms with Crippen molar-refractivity contribution >= 4 is 11.9 Å². The summed E-state index contributed by atoms with van der Waals surface area (Å²) in [5.74, 6) is -6.55. The summed E-state index contributed by atoms with van der Waals surface area (Å²) in [5, 5.41) is 12.0. The highest BCUT2D eigenvalue weighted by molar-refractivity contribution is 5.78. The third kappa shape index (κ3) is 4.70. The SMILES string of the molecule is Cn1nc(C(F)(F)F)cc1CC(=O)N1CCC(CC(=O)O)C(F)(F)CC1. The highest BCUT2D eigenvalue weighted by atomic mass is 19.4. The van der Waals surface area contributed by atoms with E-state index >= 15 is 0 Å². The molecule has 1 atom stereocenters. The molecule has 0 aromatic carbocycles. The van der Waals surface area contributed by atoms with Crippen LogP contribution in [0.25, 0.3) is 0 Å². The number of amides is 1. The molecular weight excluding hydrogens is 365 g/mol. The average molecular weight is 383 g/mol. The van der Waals surface area contributed by atoms with Gasteiger partial charge in [0.2, 0.25) is 5.91 Å². The zero-order valence-electron chi connectivity index (χ0n) is 13.9. The smallest absolute Gasteiger partial charge is 0.435 e. The lowest BCUT2D eigenvalue weighted by Crippen LogP contribution is -2.34. The number of hydrogen-bond acceptors (Lipinski definition) is 3. The van der Waals surface area contributed by atoms with Crippen LogP contribution in [0, 0.1) is 5.92 Å². The van der Waals surface area contributed by atoms with Gasteiger partial charge >= 0.3 is 12.1 Å². The highest BCUT2D eigenvalue weighted by Gasteiger charge is 2.43. The minimum absolute atomic E-state index is 0.0143. The van der Waals surface area contributed by atoms with Gasteiger partial charge in [0, 0.05) is 38.2 Å². The van der Waals surface area contributed by atoms with Crippen molar-refractivity contribution in [1.82, 2.24) is 14.7 Å². The Morgan fingerprint density at radius 2 is 2.00 bits per heavy atom. The molecule has 146 valence electrons. The Morgan fingerprint density at radius 1 is 1.35 bits per heavy atom. The second-order valence-electron chi connectivity index (χ2n) is 6.29. The fourth-order valence-electron chi connectivity index (χ4n) is 2.91. The summed E-state index contributed by atoms with van der Waals surface area (Å²) in [6.45, 7) is -0.359. The summed E-state index contributed by atoms with van der Waals surface area (Å²) in [4.78, 5) is 24.2. The molecule has 1 unspecified atom stereocenters. The molecule has 1 N–H and O–H groups in total.